The number of fused-ring (bicyclic) bond motifs is 2. The Morgan fingerprint density at radius 3 is 2.68 bits per heavy atom. The van der Waals surface area contributed by atoms with Gasteiger partial charge in [-0.2, -0.15) is 5.10 Å². The first-order chi connectivity index (χ1) is 10.7. The number of methoxy groups -OCH3 is 2. The molecule has 3 atom stereocenters. The molecule has 2 aliphatic rings. The van der Waals surface area contributed by atoms with E-state index in [0.717, 1.165) is 6.42 Å². The molecule has 22 heavy (non-hydrogen) atoms. The number of benzene rings is 1. The summed E-state index contributed by atoms with van der Waals surface area (Å²) in [4.78, 5) is 12.1. The Morgan fingerprint density at radius 1 is 1.23 bits per heavy atom. The van der Waals surface area contributed by atoms with Crippen LogP contribution in [0.5, 0.6) is 11.5 Å². The molecule has 3 unspecified atom stereocenters. The van der Waals surface area contributed by atoms with Crippen LogP contribution in [-0.4, -0.2) is 26.3 Å². The van der Waals surface area contributed by atoms with Crippen LogP contribution in [0.1, 0.15) is 23.2 Å². The Labute approximate surface area is 130 Å². The van der Waals surface area contributed by atoms with Gasteiger partial charge in [0.1, 0.15) is 0 Å². The molecule has 1 aromatic rings. The fraction of sp³-hybridized carbons (Fsp3) is 0.412. The molecule has 0 saturated heterocycles. The van der Waals surface area contributed by atoms with Crippen LogP contribution in [0.2, 0.25) is 0 Å². The van der Waals surface area contributed by atoms with Crippen molar-refractivity contribution >= 4 is 12.1 Å². The van der Waals surface area contributed by atoms with Crippen molar-refractivity contribution in [3.8, 4) is 11.5 Å². The second kappa shape index (κ2) is 6.22. The van der Waals surface area contributed by atoms with Crippen LogP contribution in [0.4, 0.5) is 0 Å². The van der Waals surface area contributed by atoms with Crippen LogP contribution in [0.25, 0.3) is 0 Å². The van der Waals surface area contributed by atoms with Crippen molar-refractivity contribution < 1.29 is 14.3 Å². The fourth-order valence-electron chi connectivity index (χ4n) is 3.23. The lowest BCUT2D eigenvalue weighted by molar-refractivity contribution is 0.0954. The van der Waals surface area contributed by atoms with Gasteiger partial charge in [0.25, 0.3) is 5.91 Å². The van der Waals surface area contributed by atoms with E-state index < -0.39 is 0 Å². The van der Waals surface area contributed by atoms with Crippen molar-refractivity contribution in [1.29, 1.82) is 0 Å². The summed E-state index contributed by atoms with van der Waals surface area (Å²) in [6, 6.07) is 5.04. The maximum absolute atomic E-state index is 12.1. The largest absolute Gasteiger partial charge is 0.493 e. The maximum atomic E-state index is 12.1. The topological polar surface area (TPSA) is 59.9 Å². The van der Waals surface area contributed by atoms with Gasteiger partial charge >= 0.3 is 0 Å². The highest BCUT2D eigenvalue weighted by Gasteiger charge is 2.34. The quantitative estimate of drug-likeness (QED) is 0.516. The molecule has 1 N–H and O–H groups in total. The monoisotopic (exact) mass is 300 g/mol. The number of ether oxygens (including phenoxy) is 2. The van der Waals surface area contributed by atoms with E-state index in [1.165, 1.54) is 6.42 Å². The molecule has 0 spiro atoms. The molecule has 2 bridgehead atoms. The predicted octanol–water partition coefficient (Wildman–Crippen LogP) is 2.63. The number of hydrogen-bond donors (Lipinski definition) is 1. The van der Waals surface area contributed by atoms with Crippen LogP contribution in [0, 0.1) is 17.8 Å². The normalized spacial score (nSPS) is 25.6. The molecular weight excluding hydrogens is 280 g/mol. The van der Waals surface area contributed by atoms with Gasteiger partial charge in [0.15, 0.2) is 11.5 Å². The number of hydrazone groups is 1. The Bertz CT molecular complexity index is 624. The van der Waals surface area contributed by atoms with Crippen molar-refractivity contribution in [3.63, 3.8) is 0 Å². The predicted molar refractivity (Wildman–Crippen MR) is 84.3 cm³/mol. The summed E-state index contributed by atoms with van der Waals surface area (Å²) < 4.78 is 10.4. The number of rotatable bonds is 5. The van der Waals surface area contributed by atoms with E-state index in [1.807, 2.05) is 6.21 Å². The van der Waals surface area contributed by atoms with Gasteiger partial charge in [0, 0.05) is 17.7 Å². The highest BCUT2D eigenvalue weighted by Crippen LogP contribution is 2.42. The minimum atomic E-state index is -0.254. The Hall–Kier alpha value is -2.30. The number of carbonyl (C=O) groups excluding carboxylic acids is 1. The van der Waals surface area contributed by atoms with E-state index in [9.17, 15) is 4.79 Å². The average molecular weight is 300 g/mol. The zero-order valence-corrected chi connectivity index (χ0v) is 12.8. The van der Waals surface area contributed by atoms with Crippen molar-refractivity contribution in [1.82, 2.24) is 5.43 Å². The number of nitrogens with zero attached hydrogens (tertiary/aromatic N) is 1. The number of carbonyl (C=O) groups is 1. The minimum Gasteiger partial charge on any atom is -0.493 e. The highest BCUT2D eigenvalue weighted by atomic mass is 16.5. The molecule has 0 heterocycles. The molecule has 1 amide bonds. The molecule has 1 fully saturated rings. The third kappa shape index (κ3) is 2.84. The van der Waals surface area contributed by atoms with Crippen molar-refractivity contribution in [2.45, 2.75) is 12.8 Å². The van der Waals surface area contributed by atoms with Gasteiger partial charge in [-0.15, -0.1) is 0 Å². The Balaban J connectivity index is 1.61. The number of allylic oxidation sites excluding steroid dienone is 2. The summed E-state index contributed by atoms with van der Waals surface area (Å²) in [6.45, 7) is 0. The molecule has 5 heteroatoms. The molecule has 1 aromatic carbocycles. The smallest absolute Gasteiger partial charge is 0.271 e. The summed E-state index contributed by atoms with van der Waals surface area (Å²) in [5.74, 6) is 2.60. The van der Waals surface area contributed by atoms with Crippen molar-refractivity contribution in [2.75, 3.05) is 14.2 Å². The standard InChI is InChI=1S/C17H20N2O3/c1-21-15-6-5-13(9-16(15)22-2)17(20)19-18-10-14-8-11-3-4-12(14)7-11/h3-6,9-12,14H,7-8H2,1-2H3,(H,19,20)/b18-10+. The first-order valence-corrected chi connectivity index (χ1v) is 7.45. The SMILES string of the molecule is COc1ccc(C(=O)N/N=C/C2CC3C=CC2C3)cc1OC. The van der Waals surface area contributed by atoms with Gasteiger partial charge < -0.3 is 9.47 Å². The molecular formula is C17H20N2O3. The second-order valence-corrected chi connectivity index (χ2v) is 5.73. The Morgan fingerprint density at radius 2 is 2.05 bits per heavy atom. The van der Waals surface area contributed by atoms with Crippen LogP contribution < -0.4 is 14.9 Å². The zero-order valence-electron chi connectivity index (χ0n) is 12.8. The van der Waals surface area contributed by atoms with E-state index in [0.29, 0.717) is 34.8 Å². The summed E-state index contributed by atoms with van der Waals surface area (Å²) in [5.41, 5.74) is 3.07. The Kier molecular flexibility index (Phi) is 4.13. The molecule has 5 nitrogen and oxygen atoms in total. The van der Waals surface area contributed by atoms with E-state index >= 15 is 0 Å². The average Bonchev–Trinajstić information content (AvgIpc) is 3.17. The number of nitrogens with one attached hydrogen (secondary N) is 1. The highest BCUT2D eigenvalue weighted by molar-refractivity contribution is 5.95. The zero-order chi connectivity index (χ0) is 15.5. The van der Waals surface area contributed by atoms with Gasteiger partial charge in [0.2, 0.25) is 0 Å². The van der Waals surface area contributed by atoms with Gasteiger partial charge in [0.05, 0.1) is 14.2 Å². The van der Waals surface area contributed by atoms with Gasteiger partial charge in [-0.05, 0) is 42.9 Å². The van der Waals surface area contributed by atoms with E-state index in [1.54, 1.807) is 32.4 Å². The van der Waals surface area contributed by atoms with Crippen molar-refractivity contribution in [3.05, 3.63) is 35.9 Å². The van der Waals surface area contributed by atoms with Gasteiger partial charge in [-0.25, -0.2) is 5.43 Å². The minimum absolute atomic E-state index is 0.254. The van der Waals surface area contributed by atoms with Gasteiger partial charge in [-0.1, -0.05) is 12.2 Å². The molecule has 0 aliphatic heterocycles. The van der Waals surface area contributed by atoms with Crippen molar-refractivity contribution in [2.24, 2.45) is 22.9 Å². The number of hydrogen-bond acceptors (Lipinski definition) is 4. The molecule has 3 rings (SSSR count). The van der Waals surface area contributed by atoms with Crippen LogP contribution >= 0.6 is 0 Å². The first kappa shape index (κ1) is 14.6. The maximum Gasteiger partial charge on any atom is 0.271 e. The second-order valence-electron chi connectivity index (χ2n) is 5.73. The molecule has 1 saturated carbocycles. The van der Waals surface area contributed by atoms with E-state index in [-0.39, 0.29) is 5.91 Å². The van der Waals surface area contributed by atoms with Crippen LogP contribution in [0.15, 0.2) is 35.5 Å². The summed E-state index contributed by atoms with van der Waals surface area (Å²) in [7, 11) is 3.10. The summed E-state index contributed by atoms with van der Waals surface area (Å²) in [5, 5.41) is 4.12. The third-order valence-electron chi connectivity index (χ3n) is 4.41. The lowest BCUT2D eigenvalue weighted by Gasteiger charge is -2.12. The summed E-state index contributed by atoms with van der Waals surface area (Å²) >= 11 is 0. The van der Waals surface area contributed by atoms with E-state index in [4.69, 9.17) is 9.47 Å². The first-order valence-electron chi connectivity index (χ1n) is 7.45. The molecule has 2 aliphatic carbocycles. The molecule has 116 valence electrons. The van der Waals surface area contributed by atoms with E-state index in [2.05, 4.69) is 22.7 Å². The number of amides is 1. The van der Waals surface area contributed by atoms with Crippen LogP contribution in [-0.2, 0) is 0 Å². The van der Waals surface area contributed by atoms with Gasteiger partial charge in [-0.3, -0.25) is 4.79 Å². The fourth-order valence-corrected chi connectivity index (χ4v) is 3.23. The third-order valence-corrected chi connectivity index (χ3v) is 4.41. The lowest BCUT2D eigenvalue weighted by Crippen LogP contribution is -2.19. The summed E-state index contributed by atoms with van der Waals surface area (Å²) in [6.07, 6.45) is 8.78. The molecule has 0 aromatic heterocycles. The lowest BCUT2D eigenvalue weighted by atomic mass is 9.95. The molecule has 0 radical (unpaired) electrons. The van der Waals surface area contributed by atoms with Crippen LogP contribution in [0.3, 0.4) is 0 Å².